The van der Waals surface area contributed by atoms with E-state index in [0.29, 0.717) is 6.10 Å². The minimum atomic E-state index is 0.338. The van der Waals surface area contributed by atoms with Gasteiger partial charge in [-0.2, -0.15) is 0 Å². The van der Waals surface area contributed by atoms with E-state index in [2.05, 4.69) is 35.4 Å². The number of aryl methyl sites for hydroxylation is 1. The standard InChI is InChI=1S/C16H20N2O/c1-2-12-10-18-11-13-4-3-5-15(16(12)13)19-14-6-8-17-9-7-14/h3-5,10-11,14,17H,2,6-9H2,1H3. The quantitative estimate of drug-likeness (QED) is 0.917. The van der Waals surface area contributed by atoms with Gasteiger partial charge in [0, 0.05) is 23.2 Å². The van der Waals surface area contributed by atoms with Gasteiger partial charge >= 0.3 is 0 Å². The first-order valence-electron chi connectivity index (χ1n) is 7.11. The molecule has 0 bridgehead atoms. The summed E-state index contributed by atoms with van der Waals surface area (Å²) >= 11 is 0. The van der Waals surface area contributed by atoms with Crippen molar-refractivity contribution < 1.29 is 4.74 Å². The zero-order chi connectivity index (χ0) is 13.1. The molecule has 3 heteroatoms. The summed E-state index contributed by atoms with van der Waals surface area (Å²) in [7, 11) is 0. The normalized spacial score (nSPS) is 16.7. The van der Waals surface area contributed by atoms with Crippen molar-refractivity contribution in [3.63, 3.8) is 0 Å². The number of aromatic nitrogens is 1. The molecule has 0 saturated carbocycles. The van der Waals surface area contributed by atoms with Gasteiger partial charge < -0.3 is 10.1 Å². The first-order valence-corrected chi connectivity index (χ1v) is 7.11. The largest absolute Gasteiger partial charge is 0.490 e. The molecule has 0 spiro atoms. The summed E-state index contributed by atoms with van der Waals surface area (Å²) in [5.41, 5.74) is 1.27. The zero-order valence-corrected chi connectivity index (χ0v) is 11.4. The number of hydrogen-bond donors (Lipinski definition) is 1. The summed E-state index contributed by atoms with van der Waals surface area (Å²) in [6.45, 7) is 4.27. The van der Waals surface area contributed by atoms with Gasteiger partial charge in [0.2, 0.25) is 0 Å². The number of benzene rings is 1. The van der Waals surface area contributed by atoms with Crippen LogP contribution < -0.4 is 10.1 Å². The van der Waals surface area contributed by atoms with Gasteiger partial charge in [-0.05, 0) is 44.0 Å². The summed E-state index contributed by atoms with van der Waals surface area (Å²) in [6.07, 6.45) is 7.37. The van der Waals surface area contributed by atoms with Crippen LogP contribution in [0.3, 0.4) is 0 Å². The van der Waals surface area contributed by atoms with Gasteiger partial charge in [-0.3, -0.25) is 4.98 Å². The van der Waals surface area contributed by atoms with Crippen molar-refractivity contribution in [3.8, 4) is 5.75 Å². The molecule has 1 aromatic carbocycles. The topological polar surface area (TPSA) is 34.1 Å². The van der Waals surface area contributed by atoms with Crippen LogP contribution in [-0.2, 0) is 6.42 Å². The second-order valence-electron chi connectivity index (χ2n) is 5.07. The molecular formula is C16H20N2O. The average molecular weight is 256 g/mol. The molecule has 1 aromatic heterocycles. The van der Waals surface area contributed by atoms with Crippen molar-refractivity contribution >= 4 is 10.8 Å². The fraction of sp³-hybridized carbons (Fsp3) is 0.438. The van der Waals surface area contributed by atoms with E-state index in [1.165, 1.54) is 16.3 Å². The maximum atomic E-state index is 6.24. The van der Waals surface area contributed by atoms with Crippen molar-refractivity contribution in [1.29, 1.82) is 0 Å². The van der Waals surface area contributed by atoms with Crippen LogP contribution in [0.5, 0.6) is 5.75 Å². The molecule has 1 aliphatic rings. The molecular weight excluding hydrogens is 236 g/mol. The number of nitrogens with zero attached hydrogens (tertiary/aromatic N) is 1. The van der Waals surface area contributed by atoms with E-state index in [-0.39, 0.29) is 0 Å². The van der Waals surface area contributed by atoms with Gasteiger partial charge in [-0.15, -0.1) is 0 Å². The fourth-order valence-electron chi connectivity index (χ4n) is 2.73. The molecule has 1 saturated heterocycles. The Kier molecular flexibility index (Phi) is 3.65. The van der Waals surface area contributed by atoms with Crippen LogP contribution in [0.2, 0.25) is 0 Å². The van der Waals surface area contributed by atoms with Crippen LogP contribution >= 0.6 is 0 Å². The highest BCUT2D eigenvalue weighted by Gasteiger charge is 2.16. The molecule has 3 rings (SSSR count). The Labute approximate surface area is 114 Å². The summed E-state index contributed by atoms with van der Waals surface area (Å²) in [5.74, 6) is 1.02. The fourth-order valence-corrected chi connectivity index (χ4v) is 2.73. The lowest BCUT2D eigenvalue weighted by atomic mass is 10.0. The lowest BCUT2D eigenvalue weighted by molar-refractivity contribution is 0.164. The lowest BCUT2D eigenvalue weighted by Gasteiger charge is -2.24. The Bertz CT molecular complexity index is 556. The lowest BCUT2D eigenvalue weighted by Crippen LogP contribution is -2.34. The van der Waals surface area contributed by atoms with E-state index < -0.39 is 0 Å². The molecule has 1 aliphatic heterocycles. The summed E-state index contributed by atoms with van der Waals surface area (Å²) in [4.78, 5) is 4.31. The Morgan fingerprint density at radius 2 is 2.11 bits per heavy atom. The van der Waals surface area contributed by atoms with E-state index in [1.807, 2.05) is 12.4 Å². The highest BCUT2D eigenvalue weighted by Crippen LogP contribution is 2.30. The predicted octanol–water partition coefficient (Wildman–Crippen LogP) is 2.93. The van der Waals surface area contributed by atoms with E-state index in [1.54, 1.807) is 0 Å². The van der Waals surface area contributed by atoms with Crippen LogP contribution in [0.15, 0.2) is 30.6 Å². The van der Waals surface area contributed by atoms with Crippen molar-refractivity contribution in [2.75, 3.05) is 13.1 Å². The first kappa shape index (κ1) is 12.4. The van der Waals surface area contributed by atoms with Crippen LogP contribution in [0.4, 0.5) is 0 Å². The smallest absolute Gasteiger partial charge is 0.127 e. The molecule has 0 aliphatic carbocycles. The number of nitrogens with one attached hydrogen (secondary N) is 1. The zero-order valence-electron chi connectivity index (χ0n) is 11.4. The molecule has 1 N–H and O–H groups in total. The highest BCUT2D eigenvalue weighted by molar-refractivity contribution is 5.90. The Balaban J connectivity index is 1.97. The first-order chi connectivity index (χ1) is 9.38. The van der Waals surface area contributed by atoms with Gasteiger partial charge in [-0.1, -0.05) is 19.1 Å². The van der Waals surface area contributed by atoms with Crippen molar-refractivity contribution in [1.82, 2.24) is 10.3 Å². The molecule has 1 fully saturated rings. The molecule has 0 unspecified atom stereocenters. The van der Waals surface area contributed by atoms with Gasteiger partial charge in [0.05, 0.1) is 0 Å². The van der Waals surface area contributed by atoms with Gasteiger partial charge in [0.25, 0.3) is 0 Å². The van der Waals surface area contributed by atoms with E-state index in [4.69, 9.17) is 4.74 Å². The van der Waals surface area contributed by atoms with Gasteiger partial charge in [0.15, 0.2) is 0 Å². The molecule has 0 atom stereocenters. The van der Waals surface area contributed by atoms with Crippen LogP contribution in [0.1, 0.15) is 25.3 Å². The van der Waals surface area contributed by atoms with Crippen molar-refractivity contribution in [2.24, 2.45) is 0 Å². The van der Waals surface area contributed by atoms with Gasteiger partial charge in [-0.25, -0.2) is 0 Å². The number of pyridine rings is 1. The molecule has 3 nitrogen and oxygen atoms in total. The Hall–Kier alpha value is -1.61. The van der Waals surface area contributed by atoms with E-state index in [0.717, 1.165) is 38.1 Å². The SMILES string of the molecule is CCc1cncc2cccc(OC3CCNCC3)c12. The third-order valence-electron chi connectivity index (χ3n) is 3.78. The third-order valence-corrected chi connectivity index (χ3v) is 3.78. The van der Waals surface area contributed by atoms with E-state index >= 15 is 0 Å². The van der Waals surface area contributed by atoms with Gasteiger partial charge in [0.1, 0.15) is 11.9 Å². The second kappa shape index (κ2) is 5.57. The molecule has 2 heterocycles. The molecule has 0 radical (unpaired) electrons. The van der Waals surface area contributed by atoms with Crippen molar-refractivity contribution in [3.05, 3.63) is 36.2 Å². The van der Waals surface area contributed by atoms with Crippen LogP contribution in [-0.4, -0.2) is 24.2 Å². The number of piperidine rings is 1. The summed E-state index contributed by atoms with van der Waals surface area (Å²) < 4.78 is 6.24. The molecule has 0 amide bonds. The number of ether oxygens (including phenoxy) is 1. The maximum absolute atomic E-state index is 6.24. The molecule has 19 heavy (non-hydrogen) atoms. The Morgan fingerprint density at radius 1 is 1.26 bits per heavy atom. The minimum absolute atomic E-state index is 0.338. The minimum Gasteiger partial charge on any atom is -0.490 e. The summed E-state index contributed by atoms with van der Waals surface area (Å²) in [5, 5.41) is 5.78. The second-order valence-corrected chi connectivity index (χ2v) is 5.07. The maximum Gasteiger partial charge on any atom is 0.127 e. The van der Waals surface area contributed by atoms with Crippen LogP contribution in [0, 0.1) is 0 Å². The monoisotopic (exact) mass is 256 g/mol. The van der Waals surface area contributed by atoms with Crippen LogP contribution in [0.25, 0.3) is 10.8 Å². The predicted molar refractivity (Wildman–Crippen MR) is 77.6 cm³/mol. The average Bonchev–Trinajstić information content (AvgIpc) is 2.48. The summed E-state index contributed by atoms with van der Waals surface area (Å²) in [6, 6.07) is 6.25. The Morgan fingerprint density at radius 3 is 2.89 bits per heavy atom. The number of hydrogen-bond acceptors (Lipinski definition) is 3. The third kappa shape index (κ3) is 2.56. The number of rotatable bonds is 3. The molecule has 2 aromatic rings. The number of fused-ring (bicyclic) bond motifs is 1. The molecule has 100 valence electrons. The van der Waals surface area contributed by atoms with E-state index in [9.17, 15) is 0 Å². The van der Waals surface area contributed by atoms with Crippen molar-refractivity contribution in [2.45, 2.75) is 32.3 Å². The highest BCUT2D eigenvalue weighted by atomic mass is 16.5.